The summed E-state index contributed by atoms with van der Waals surface area (Å²) in [6.45, 7) is 4.33. The van der Waals surface area contributed by atoms with E-state index in [0.717, 1.165) is 5.69 Å². The van der Waals surface area contributed by atoms with Gasteiger partial charge in [-0.2, -0.15) is 5.10 Å². The van der Waals surface area contributed by atoms with Gasteiger partial charge in [0.2, 0.25) is 0 Å². The number of halogens is 1. The van der Waals surface area contributed by atoms with Crippen LogP contribution in [0.5, 0.6) is 0 Å². The van der Waals surface area contributed by atoms with Crippen LogP contribution in [0.2, 0.25) is 5.02 Å². The Balaban J connectivity index is 1.58. The number of benzene rings is 1. The molecule has 0 bridgehead atoms. The molecule has 156 valence electrons. The molecule has 1 fully saturated rings. The molecular formula is C21H22ClN5O3. The Morgan fingerprint density at radius 1 is 1.10 bits per heavy atom. The number of nitrogens with one attached hydrogen (secondary N) is 1. The van der Waals surface area contributed by atoms with Crippen molar-refractivity contribution in [3.8, 4) is 17.1 Å². The maximum atomic E-state index is 13.1. The van der Waals surface area contributed by atoms with Gasteiger partial charge in [-0.15, -0.1) is 0 Å². The highest BCUT2D eigenvalue weighted by Gasteiger charge is 2.27. The highest BCUT2D eigenvalue weighted by Crippen LogP contribution is 2.26. The van der Waals surface area contributed by atoms with Crippen molar-refractivity contribution in [2.45, 2.75) is 6.92 Å². The van der Waals surface area contributed by atoms with Gasteiger partial charge in [0.05, 0.1) is 12.0 Å². The number of hydrogen-bond donors (Lipinski definition) is 1. The maximum absolute atomic E-state index is 13.1. The van der Waals surface area contributed by atoms with Crippen LogP contribution in [0.15, 0.2) is 53.1 Å². The fourth-order valence-electron chi connectivity index (χ4n) is 3.43. The summed E-state index contributed by atoms with van der Waals surface area (Å²) < 4.78 is 7.20. The number of nitrogens with zero attached hydrogens (tertiary/aromatic N) is 4. The Morgan fingerprint density at radius 2 is 1.87 bits per heavy atom. The molecule has 0 unspecified atom stereocenters. The molecule has 8 nitrogen and oxygen atoms in total. The van der Waals surface area contributed by atoms with Crippen molar-refractivity contribution in [1.82, 2.24) is 24.9 Å². The summed E-state index contributed by atoms with van der Waals surface area (Å²) in [5.41, 5.74) is 1.70. The molecule has 0 saturated carbocycles. The minimum Gasteiger partial charge on any atom is -0.463 e. The van der Waals surface area contributed by atoms with E-state index in [1.165, 1.54) is 0 Å². The molecule has 1 aliphatic rings. The number of carbonyl (C=O) groups excluding carboxylic acids is 2. The van der Waals surface area contributed by atoms with Gasteiger partial charge >= 0.3 is 6.03 Å². The van der Waals surface area contributed by atoms with Crippen molar-refractivity contribution in [2.75, 3.05) is 32.7 Å². The minimum absolute atomic E-state index is 0.102. The van der Waals surface area contributed by atoms with Gasteiger partial charge in [-0.05, 0) is 37.3 Å². The molecule has 0 spiro atoms. The van der Waals surface area contributed by atoms with Gasteiger partial charge in [0.1, 0.15) is 5.69 Å². The van der Waals surface area contributed by atoms with Gasteiger partial charge in [-0.3, -0.25) is 4.79 Å². The second-order valence-corrected chi connectivity index (χ2v) is 7.33. The summed E-state index contributed by atoms with van der Waals surface area (Å²) in [5.74, 6) is 0.418. The maximum Gasteiger partial charge on any atom is 0.317 e. The normalized spacial score (nSPS) is 14.1. The zero-order valence-corrected chi connectivity index (χ0v) is 17.3. The third-order valence-corrected chi connectivity index (χ3v) is 5.17. The second-order valence-electron chi connectivity index (χ2n) is 6.90. The number of amides is 3. The predicted molar refractivity (Wildman–Crippen MR) is 113 cm³/mol. The molecule has 0 atom stereocenters. The van der Waals surface area contributed by atoms with E-state index in [-0.39, 0.29) is 11.9 Å². The van der Waals surface area contributed by atoms with Crippen LogP contribution >= 0.6 is 11.6 Å². The van der Waals surface area contributed by atoms with Crippen LogP contribution in [0.4, 0.5) is 4.79 Å². The third kappa shape index (κ3) is 4.04. The summed E-state index contributed by atoms with van der Waals surface area (Å²) in [6, 6.07) is 12.5. The van der Waals surface area contributed by atoms with Crippen LogP contribution in [0.3, 0.4) is 0 Å². The lowest BCUT2D eigenvalue weighted by Gasteiger charge is -2.34. The molecular weight excluding hydrogens is 406 g/mol. The number of rotatable bonds is 4. The molecule has 0 aliphatic carbocycles. The van der Waals surface area contributed by atoms with Crippen LogP contribution in [0, 0.1) is 0 Å². The van der Waals surface area contributed by atoms with Crippen LogP contribution in [-0.4, -0.2) is 64.2 Å². The summed E-state index contributed by atoms with van der Waals surface area (Å²) in [6.07, 6.45) is 1.58. The zero-order chi connectivity index (χ0) is 21.1. The number of urea groups is 1. The molecule has 1 aromatic carbocycles. The van der Waals surface area contributed by atoms with Gasteiger partial charge in [0.15, 0.2) is 11.5 Å². The first-order valence-corrected chi connectivity index (χ1v) is 10.2. The third-order valence-electron chi connectivity index (χ3n) is 4.94. The van der Waals surface area contributed by atoms with E-state index in [2.05, 4.69) is 10.4 Å². The number of carbonyl (C=O) groups is 2. The Labute approximate surface area is 179 Å². The Kier molecular flexibility index (Phi) is 5.76. The number of aromatic nitrogens is 2. The number of hydrogen-bond acceptors (Lipinski definition) is 4. The molecule has 2 aromatic heterocycles. The van der Waals surface area contributed by atoms with E-state index in [9.17, 15) is 9.59 Å². The van der Waals surface area contributed by atoms with Crippen molar-refractivity contribution in [3.05, 3.63) is 59.4 Å². The van der Waals surface area contributed by atoms with Gasteiger partial charge in [0.25, 0.3) is 5.91 Å². The first-order valence-electron chi connectivity index (χ1n) is 9.78. The molecule has 0 radical (unpaired) electrons. The van der Waals surface area contributed by atoms with E-state index in [1.807, 2.05) is 25.1 Å². The molecule has 1 N–H and O–H groups in total. The van der Waals surface area contributed by atoms with Crippen molar-refractivity contribution in [1.29, 1.82) is 0 Å². The van der Waals surface area contributed by atoms with E-state index in [0.29, 0.717) is 54.9 Å². The molecule has 3 heterocycles. The van der Waals surface area contributed by atoms with Gasteiger partial charge in [0, 0.05) is 43.8 Å². The highest BCUT2D eigenvalue weighted by molar-refractivity contribution is 6.30. The SMILES string of the molecule is CCNC(=O)N1CCN(C(=O)c2cc(-c3ccco3)n(-c3cccc(Cl)c3)n2)CC1. The lowest BCUT2D eigenvalue weighted by Crippen LogP contribution is -2.53. The average molecular weight is 428 g/mol. The molecule has 9 heteroatoms. The fraction of sp³-hybridized carbons (Fsp3) is 0.286. The molecule has 1 aliphatic heterocycles. The molecule has 3 amide bonds. The van der Waals surface area contributed by atoms with Crippen LogP contribution in [0.25, 0.3) is 17.1 Å². The molecule has 1 saturated heterocycles. The average Bonchev–Trinajstić information content (AvgIpc) is 3.43. The second kappa shape index (κ2) is 8.62. The van der Waals surface area contributed by atoms with Crippen molar-refractivity contribution >= 4 is 23.5 Å². The Hall–Kier alpha value is -3.26. The van der Waals surface area contributed by atoms with Crippen LogP contribution in [0.1, 0.15) is 17.4 Å². The first-order chi connectivity index (χ1) is 14.6. The van der Waals surface area contributed by atoms with Gasteiger partial charge in [-0.1, -0.05) is 17.7 Å². The van der Waals surface area contributed by atoms with E-state index >= 15 is 0 Å². The molecule has 3 aromatic rings. The monoisotopic (exact) mass is 427 g/mol. The van der Waals surface area contributed by atoms with E-state index in [1.54, 1.807) is 45.0 Å². The van der Waals surface area contributed by atoms with Gasteiger partial charge in [-0.25, -0.2) is 9.48 Å². The first kappa shape index (κ1) is 20.0. The minimum atomic E-state index is -0.181. The van der Waals surface area contributed by atoms with Crippen molar-refractivity contribution in [3.63, 3.8) is 0 Å². The molecule has 4 rings (SSSR count). The predicted octanol–water partition coefficient (Wildman–Crippen LogP) is 3.27. The van der Waals surface area contributed by atoms with Crippen molar-refractivity contribution < 1.29 is 14.0 Å². The number of furan rings is 1. The Bertz CT molecular complexity index is 1040. The summed E-state index contributed by atoms with van der Waals surface area (Å²) in [5, 5.41) is 7.91. The topological polar surface area (TPSA) is 83.6 Å². The van der Waals surface area contributed by atoms with Crippen LogP contribution < -0.4 is 5.32 Å². The summed E-state index contributed by atoms with van der Waals surface area (Å²) >= 11 is 6.15. The highest BCUT2D eigenvalue weighted by atomic mass is 35.5. The quantitative estimate of drug-likeness (QED) is 0.692. The number of piperazine rings is 1. The van der Waals surface area contributed by atoms with Crippen molar-refractivity contribution in [2.24, 2.45) is 0 Å². The van der Waals surface area contributed by atoms with E-state index in [4.69, 9.17) is 16.0 Å². The largest absolute Gasteiger partial charge is 0.463 e. The van der Waals surface area contributed by atoms with Crippen LogP contribution in [-0.2, 0) is 0 Å². The summed E-state index contributed by atoms with van der Waals surface area (Å²) in [7, 11) is 0. The van der Waals surface area contributed by atoms with Gasteiger partial charge < -0.3 is 19.5 Å². The fourth-order valence-corrected chi connectivity index (χ4v) is 3.61. The standard InChI is InChI=1S/C21H22ClN5O3/c1-2-23-21(29)26-10-8-25(9-11-26)20(28)17-14-18(19-7-4-12-30-19)27(24-17)16-6-3-5-15(22)13-16/h3-7,12-14H,2,8-11H2,1H3,(H,23,29). The lowest BCUT2D eigenvalue weighted by atomic mass is 10.2. The summed E-state index contributed by atoms with van der Waals surface area (Å²) in [4.78, 5) is 28.5. The zero-order valence-electron chi connectivity index (χ0n) is 16.5. The molecule has 30 heavy (non-hydrogen) atoms. The smallest absolute Gasteiger partial charge is 0.317 e. The van der Waals surface area contributed by atoms with E-state index < -0.39 is 0 Å². The lowest BCUT2D eigenvalue weighted by molar-refractivity contribution is 0.0659. The Morgan fingerprint density at radius 3 is 2.53 bits per heavy atom.